The molecule has 0 bridgehead atoms. The molecule has 126 valence electrons. The third kappa shape index (κ3) is 2.74. The summed E-state index contributed by atoms with van der Waals surface area (Å²) >= 11 is 2.47. The first-order valence-electron chi connectivity index (χ1n) is 9.10. The van der Waals surface area contributed by atoms with Gasteiger partial charge in [-0.3, -0.25) is 4.98 Å². The molecule has 1 saturated carbocycles. The van der Waals surface area contributed by atoms with Crippen LogP contribution in [-0.4, -0.2) is 23.3 Å². The van der Waals surface area contributed by atoms with E-state index in [1.165, 1.54) is 39.8 Å². The van der Waals surface area contributed by atoms with E-state index in [0.717, 1.165) is 50.9 Å². The highest BCUT2D eigenvalue weighted by atomic mass is 127. The standard InChI is InChI=1S/C19H26INO2/c1-2-13-17(20)16-14(10-19(6-3-7-19)11-15(16)22)21-18(13)12-4-8-23-9-5-12/h12,15,22H,2-11H2,1H3/t15-/m0/s1. The lowest BCUT2D eigenvalue weighted by molar-refractivity contribution is 0.0236. The van der Waals surface area contributed by atoms with Crippen LogP contribution in [0.25, 0.3) is 0 Å². The molecule has 23 heavy (non-hydrogen) atoms. The maximum absolute atomic E-state index is 10.8. The Morgan fingerprint density at radius 1 is 1.30 bits per heavy atom. The number of aliphatic hydroxyl groups excluding tert-OH is 1. The molecule has 1 saturated heterocycles. The van der Waals surface area contributed by atoms with E-state index in [9.17, 15) is 5.11 Å². The third-order valence-corrected chi connectivity index (χ3v) is 7.49. The molecular formula is C19H26INO2. The molecule has 1 spiro atoms. The molecule has 1 aliphatic heterocycles. The summed E-state index contributed by atoms with van der Waals surface area (Å²) in [5.41, 5.74) is 5.38. The largest absolute Gasteiger partial charge is 0.388 e. The van der Waals surface area contributed by atoms with Crippen molar-refractivity contribution in [3.8, 4) is 0 Å². The average Bonchev–Trinajstić information content (AvgIpc) is 2.53. The fourth-order valence-electron chi connectivity index (χ4n) is 4.79. The predicted octanol–water partition coefficient (Wildman–Crippen LogP) is 4.29. The summed E-state index contributed by atoms with van der Waals surface area (Å²) in [5.74, 6) is 0.536. The molecule has 0 amide bonds. The number of hydrogen-bond acceptors (Lipinski definition) is 3. The molecule has 1 N–H and O–H groups in total. The highest BCUT2D eigenvalue weighted by Gasteiger charge is 2.44. The lowest BCUT2D eigenvalue weighted by Crippen LogP contribution is -2.38. The number of hydrogen-bond donors (Lipinski definition) is 1. The number of aliphatic hydroxyl groups is 1. The van der Waals surface area contributed by atoms with Crippen LogP contribution in [0.2, 0.25) is 0 Å². The summed E-state index contributed by atoms with van der Waals surface area (Å²) in [7, 11) is 0. The van der Waals surface area contributed by atoms with E-state index in [-0.39, 0.29) is 6.10 Å². The first-order chi connectivity index (χ1) is 11.1. The molecule has 3 nitrogen and oxygen atoms in total. The molecule has 0 radical (unpaired) electrons. The van der Waals surface area contributed by atoms with Gasteiger partial charge in [0.2, 0.25) is 0 Å². The molecule has 1 aromatic rings. The van der Waals surface area contributed by atoms with Crippen LogP contribution >= 0.6 is 22.6 Å². The van der Waals surface area contributed by atoms with Crippen molar-refractivity contribution >= 4 is 22.6 Å². The summed E-state index contributed by atoms with van der Waals surface area (Å²) in [6, 6.07) is 0. The molecule has 4 heteroatoms. The van der Waals surface area contributed by atoms with Gasteiger partial charge in [0.15, 0.2) is 0 Å². The van der Waals surface area contributed by atoms with Crippen LogP contribution in [0.4, 0.5) is 0 Å². The summed E-state index contributed by atoms with van der Waals surface area (Å²) in [4.78, 5) is 5.18. The van der Waals surface area contributed by atoms with Crippen LogP contribution in [0.5, 0.6) is 0 Å². The van der Waals surface area contributed by atoms with Gasteiger partial charge in [-0.2, -0.15) is 0 Å². The average molecular weight is 427 g/mol. The lowest BCUT2D eigenvalue weighted by atomic mass is 9.59. The van der Waals surface area contributed by atoms with E-state index in [0.29, 0.717) is 11.3 Å². The van der Waals surface area contributed by atoms with Crippen molar-refractivity contribution in [2.45, 2.75) is 70.3 Å². The number of aromatic nitrogens is 1. The Balaban J connectivity index is 1.78. The van der Waals surface area contributed by atoms with Crippen molar-refractivity contribution in [1.82, 2.24) is 4.98 Å². The topological polar surface area (TPSA) is 42.4 Å². The monoisotopic (exact) mass is 427 g/mol. The number of rotatable bonds is 2. The Morgan fingerprint density at radius 2 is 2.04 bits per heavy atom. The van der Waals surface area contributed by atoms with Crippen molar-refractivity contribution in [1.29, 1.82) is 0 Å². The zero-order valence-corrected chi connectivity index (χ0v) is 16.1. The number of ether oxygens (including phenoxy) is 1. The second-order valence-electron chi connectivity index (χ2n) is 7.64. The fourth-order valence-corrected chi connectivity index (χ4v) is 6.12. The quantitative estimate of drug-likeness (QED) is 0.717. The van der Waals surface area contributed by atoms with Crippen LogP contribution in [0.3, 0.4) is 0 Å². The molecule has 2 aliphatic carbocycles. The summed E-state index contributed by atoms with van der Waals surface area (Å²) in [5, 5.41) is 10.8. The zero-order valence-electron chi connectivity index (χ0n) is 13.9. The molecule has 0 aromatic carbocycles. The lowest BCUT2D eigenvalue weighted by Gasteiger charge is -2.47. The molecule has 1 aromatic heterocycles. The van der Waals surface area contributed by atoms with Crippen molar-refractivity contribution in [3.63, 3.8) is 0 Å². The molecule has 2 heterocycles. The van der Waals surface area contributed by atoms with Gasteiger partial charge in [-0.15, -0.1) is 0 Å². The Morgan fingerprint density at radius 3 is 2.65 bits per heavy atom. The fraction of sp³-hybridized carbons (Fsp3) is 0.737. The van der Waals surface area contributed by atoms with E-state index in [4.69, 9.17) is 9.72 Å². The van der Waals surface area contributed by atoms with Crippen molar-refractivity contribution < 1.29 is 9.84 Å². The van der Waals surface area contributed by atoms with Crippen molar-refractivity contribution in [3.05, 3.63) is 26.1 Å². The van der Waals surface area contributed by atoms with Crippen LogP contribution in [0, 0.1) is 8.99 Å². The summed E-state index contributed by atoms with van der Waals surface area (Å²) in [6.07, 6.45) is 8.74. The van der Waals surface area contributed by atoms with Gasteiger partial charge in [0, 0.05) is 39.7 Å². The molecular weight excluding hydrogens is 401 g/mol. The molecule has 3 aliphatic rings. The Bertz CT molecular complexity index is 606. The molecule has 2 fully saturated rings. The number of halogens is 1. The molecule has 0 unspecified atom stereocenters. The highest BCUT2D eigenvalue weighted by molar-refractivity contribution is 14.1. The normalized spacial score (nSPS) is 26.8. The Labute approximate surface area is 152 Å². The van der Waals surface area contributed by atoms with Gasteiger partial charge in [0.1, 0.15) is 0 Å². The van der Waals surface area contributed by atoms with Crippen molar-refractivity contribution in [2.24, 2.45) is 5.41 Å². The van der Waals surface area contributed by atoms with E-state index in [2.05, 4.69) is 29.5 Å². The minimum atomic E-state index is -0.313. The van der Waals surface area contributed by atoms with Crippen LogP contribution in [0.1, 0.15) is 80.0 Å². The number of fused-ring (bicyclic) bond motifs is 1. The molecule has 1 atom stereocenters. The van der Waals surface area contributed by atoms with Gasteiger partial charge in [-0.1, -0.05) is 13.3 Å². The second kappa shape index (κ2) is 6.26. The first kappa shape index (κ1) is 16.3. The van der Waals surface area contributed by atoms with Gasteiger partial charge in [0.05, 0.1) is 6.10 Å². The summed E-state index contributed by atoms with van der Waals surface area (Å²) < 4.78 is 6.83. The Kier molecular flexibility index (Phi) is 4.43. The minimum Gasteiger partial charge on any atom is -0.388 e. The second-order valence-corrected chi connectivity index (χ2v) is 8.72. The van der Waals surface area contributed by atoms with Gasteiger partial charge < -0.3 is 9.84 Å². The van der Waals surface area contributed by atoms with Gasteiger partial charge in [-0.25, -0.2) is 0 Å². The van der Waals surface area contributed by atoms with E-state index >= 15 is 0 Å². The first-order valence-corrected chi connectivity index (χ1v) is 10.2. The van der Waals surface area contributed by atoms with Gasteiger partial charge >= 0.3 is 0 Å². The maximum atomic E-state index is 10.8. The third-order valence-electron chi connectivity index (χ3n) is 6.25. The number of pyridine rings is 1. The van der Waals surface area contributed by atoms with Crippen LogP contribution in [0.15, 0.2) is 0 Å². The molecule has 4 rings (SSSR count). The zero-order chi connectivity index (χ0) is 16.0. The van der Waals surface area contributed by atoms with Crippen molar-refractivity contribution in [2.75, 3.05) is 13.2 Å². The van der Waals surface area contributed by atoms with E-state index in [1.807, 2.05) is 0 Å². The predicted molar refractivity (Wildman–Crippen MR) is 98.7 cm³/mol. The maximum Gasteiger partial charge on any atom is 0.0823 e. The van der Waals surface area contributed by atoms with Crippen LogP contribution in [-0.2, 0) is 17.6 Å². The Hall–Kier alpha value is -0.200. The van der Waals surface area contributed by atoms with E-state index < -0.39 is 0 Å². The smallest absolute Gasteiger partial charge is 0.0823 e. The van der Waals surface area contributed by atoms with E-state index in [1.54, 1.807) is 0 Å². The van der Waals surface area contributed by atoms with Crippen LogP contribution < -0.4 is 0 Å². The summed E-state index contributed by atoms with van der Waals surface area (Å²) in [6.45, 7) is 3.93. The SMILES string of the molecule is CCc1c(C2CCOCC2)nc2c(c1I)[C@@H](O)CC1(CCC1)C2. The minimum absolute atomic E-state index is 0.313. The highest BCUT2D eigenvalue weighted by Crippen LogP contribution is 2.54. The van der Waals surface area contributed by atoms with Gasteiger partial charge in [0.25, 0.3) is 0 Å². The number of nitrogens with zero attached hydrogens (tertiary/aromatic N) is 1. The van der Waals surface area contributed by atoms with Gasteiger partial charge in [-0.05, 0) is 78.5 Å².